The number of nitrogens with one attached hydrogen (secondary N) is 1. The molecule has 0 radical (unpaired) electrons. The van der Waals surface area contributed by atoms with Crippen LogP contribution in [0.25, 0.3) is 22.6 Å². The maximum Gasteiger partial charge on any atom is 0.181 e. The number of aromatic nitrogens is 4. The first-order valence-electron chi connectivity index (χ1n) is 4.96. The third-order valence-electron chi connectivity index (χ3n) is 2.41. The Morgan fingerprint density at radius 1 is 1.17 bits per heavy atom. The summed E-state index contributed by atoms with van der Waals surface area (Å²) in [5.41, 5.74) is 0.673. The van der Waals surface area contributed by atoms with Crippen LogP contribution >= 0.6 is 15.9 Å². The van der Waals surface area contributed by atoms with Crippen molar-refractivity contribution in [3.8, 4) is 11.4 Å². The summed E-state index contributed by atoms with van der Waals surface area (Å²) in [5, 5.41) is 0. The fourth-order valence-electron chi connectivity index (χ4n) is 1.65. The van der Waals surface area contributed by atoms with E-state index in [0.717, 1.165) is 0 Å². The summed E-state index contributed by atoms with van der Waals surface area (Å²) < 4.78 is 27.8. The van der Waals surface area contributed by atoms with Gasteiger partial charge in [-0.1, -0.05) is 15.9 Å². The average molecular weight is 311 g/mol. The van der Waals surface area contributed by atoms with Crippen LogP contribution in [-0.4, -0.2) is 19.9 Å². The molecule has 0 aliphatic rings. The van der Waals surface area contributed by atoms with Crippen LogP contribution in [0, 0.1) is 11.6 Å². The van der Waals surface area contributed by atoms with Crippen molar-refractivity contribution >= 4 is 27.1 Å². The molecule has 0 bridgehead atoms. The molecule has 2 aromatic heterocycles. The molecule has 3 aromatic rings. The van der Waals surface area contributed by atoms with Gasteiger partial charge in [-0.3, -0.25) is 0 Å². The average Bonchev–Trinajstić information content (AvgIpc) is 2.70. The lowest BCUT2D eigenvalue weighted by Crippen LogP contribution is -1.92. The minimum Gasteiger partial charge on any atom is -0.335 e. The Labute approximate surface area is 108 Å². The number of imidazole rings is 1. The molecular formula is C11H5BrF2N4. The molecular weight excluding hydrogens is 306 g/mol. The fourth-order valence-corrected chi connectivity index (χ4v) is 2.05. The number of aromatic amines is 1. The van der Waals surface area contributed by atoms with E-state index in [9.17, 15) is 8.78 Å². The Morgan fingerprint density at radius 3 is 2.56 bits per heavy atom. The van der Waals surface area contributed by atoms with Gasteiger partial charge in [-0.05, 0) is 12.1 Å². The normalized spacial score (nSPS) is 11.1. The molecule has 0 saturated heterocycles. The molecule has 3 rings (SSSR count). The van der Waals surface area contributed by atoms with Gasteiger partial charge in [-0.15, -0.1) is 0 Å². The number of hydrogen-bond acceptors (Lipinski definition) is 3. The van der Waals surface area contributed by atoms with Crippen LogP contribution in [0.1, 0.15) is 0 Å². The predicted octanol–water partition coefficient (Wildman–Crippen LogP) is 3.06. The Bertz CT molecular complexity index is 685. The van der Waals surface area contributed by atoms with Crippen LogP contribution in [0.2, 0.25) is 0 Å². The topological polar surface area (TPSA) is 54.5 Å². The van der Waals surface area contributed by atoms with E-state index in [1.54, 1.807) is 0 Å². The summed E-state index contributed by atoms with van der Waals surface area (Å²) in [6, 6.07) is 2.36. The number of halogens is 3. The maximum absolute atomic E-state index is 13.8. The summed E-state index contributed by atoms with van der Waals surface area (Å²) in [6.07, 6.45) is 2.81. The quantitative estimate of drug-likeness (QED) is 0.751. The zero-order chi connectivity index (χ0) is 12.7. The van der Waals surface area contributed by atoms with Crippen LogP contribution in [0.15, 0.2) is 29.1 Å². The first-order chi connectivity index (χ1) is 8.65. The molecule has 0 spiro atoms. The fraction of sp³-hybridized carbons (Fsp3) is 0. The van der Waals surface area contributed by atoms with Crippen molar-refractivity contribution in [3.63, 3.8) is 0 Å². The van der Waals surface area contributed by atoms with Crippen LogP contribution in [0.4, 0.5) is 8.78 Å². The number of benzene rings is 1. The van der Waals surface area contributed by atoms with E-state index < -0.39 is 11.6 Å². The van der Waals surface area contributed by atoms with Crippen molar-refractivity contribution < 1.29 is 8.78 Å². The highest BCUT2D eigenvalue weighted by atomic mass is 79.9. The molecule has 0 atom stereocenters. The second-order valence-corrected chi connectivity index (χ2v) is 4.51. The molecule has 18 heavy (non-hydrogen) atoms. The van der Waals surface area contributed by atoms with Crippen molar-refractivity contribution in [1.82, 2.24) is 19.9 Å². The van der Waals surface area contributed by atoms with E-state index in [2.05, 4.69) is 35.9 Å². The first-order valence-corrected chi connectivity index (χ1v) is 5.75. The van der Waals surface area contributed by atoms with Crippen LogP contribution in [0.3, 0.4) is 0 Å². The Morgan fingerprint density at radius 2 is 1.89 bits per heavy atom. The molecule has 0 fully saturated rings. The first kappa shape index (κ1) is 11.2. The second kappa shape index (κ2) is 4.09. The molecule has 0 saturated carbocycles. The van der Waals surface area contributed by atoms with Gasteiger partial charge in [0.25, 0.3) is 0 Å². The van der Waals surface area contributed by atoms with Gasteiger partial charge in [0, 0.05) is 4.47 Å². The Balaban J connectivity index is 2.26. The van der Waals surface area contributed by atoms with E-state index >= 15 is 0 Å². The molecule has 90 valence electrons. The van der Waals surface area contributed by atoms with E-state index in [1.807, 2.05) is 0 Å². The largest absolute Gasteiger partial charge is 0.335 e. The lowest BCUT2D eigenvalue weighted by atomic mass is 10.2. The predicted molar refractivity (Wildman–Crippen MR) is 64.7 cm³/mol. The maximum atomic E-state index is 13.8. The summed E-state index contributed by atoms with van der Waals surface area (Å²) in [4.78, 5) is 14.5. The highest BCUT2D eigenvalue weighted by Gasteiger charge is 2.16. The van der Waals surface area contributed by atoms with E-state index in [1.165, 1.54) is 24.7 Å². The Kier molecular flexibility index (Phi) is 2.55. The van der Waals surface area contributed by atoms with E-state index in [-0.39, 0.29) is 11.4 Å². The van der Waals surface area contributed by atoms with Crippen molar-refractivity contribution in [3.05, 3.63) is 40.8 Å². The van der Waals surface area contributed by atoms with Gasteiger partial charge in [0.15, 0.2) is 5.65 Å². The molecule has 7 heteroatoms. The molecule has 1 N–H and O–H groups in total. The lowest BCUT2D eigenvalue weighted by molar-refractivity contribution is 0.586. The van der Waals surface area contributed by atoms with E-state index in [4.69, 9.17) is 0 Å². The number of nitrogens with zero attached hydrogens (tertiary/aromatic N) is 3. The standard InChI is InChI=1S/C11H5BrF2N4/c12-5-1-6(13)9(7(14)2-5)11-17-8-3-15-4-16-10(8)18-11/h1-4H,(H,15,16,17,18). The highest BCUT2D eigenvalue weighted by molar-refractivity contribution is 9.10. The molecule has 0 amide bonds. The van der Waals surface area contributed by atoms with Gasteiger partial charge in [-0.2, -0.15) is 0 Å². The molecule has 0 unspecified atom stereocenters. The zero-order valence-electron chi connectivity index (χ0n) is 8.78. The van der Waals surface area contributed by atoms with Crippen LogP contribution in [0.5, 0.6) is 0 Å². The van der Waals surface area contributed by atoms with E-state index in [0.29, 0.717) is 15.6 Å². The SMILES string of the molecule is Fc1cc(Br)cc(F)c1-c1nc2ncncc2[nH]1. The monoisotopic (exact) mass is 310 g/mol. The molecule has 2 heterocycles. The van der Waals surface area contributed by atoms with Gasteiger partial charge in [0.2, 0.25) is 0 Å². The number of hydrogen-bond donors (Lipinski definition) is 1. The van der Waals surface area contributed by atoms with Crippen molar-refractivity contribution in [2.75, 3.05) is 0 Å². The van der Waals surface area contributed by atoms with Crippen molar-refractivity contribution in [2.45, 2.75) is 0 Å². The minimum absolute atomic E-state index is 0.0907. The van der Waals surface area contributed by atoms with Crippen LogP contribution in [-0.2, 0) is 0 Å². The zero-order valence-corrected chi connectivity index (χ0v) is 10.4. The third kappa shape index (κ3) is 1.76. The van der Waals surface area contributed by atoms with Crippen molar-refractivity contribution in [2.24, 2.45) is 0 Å². The molecule has 0 aliphatic heterocycles. The van der Waals surface area contributed by atoms with Gasteiger partial charge in [0.1, 0.15) is 29.3 Å². The van der Waals surface area contributed by atoms with Gasteiger partial charge in [0.05, 0.1) is 11.8 Å². The second-order valence-electron chi connectivity index (χ2n) is 3.59. The highest BCUT2D eigenvalue weighted by Crippen LogP contribution is 2.27. The Hall–Kier alpha value is -1.89. The van der Waals surface area contributed by atoms with Gasteiger partial charge in [-0.25, -0.2) is 23.7 Å². The minimum atomic E-state index is -0.700. The summed E-state index contributed by atoms with van der Waals surface area (Å²) in [5.74, 6) is -1.31. The van der Waals surface area contributed by atoms with Crippen molar-refractivity contribution in [1.29, 1.82) is 0 Å². The van der Waals surface area contributed by atoms with Gasteiger partial charge < -0.3 is 4.98 Å². The molecule has 4 nitrogen and oxygen atoms in total. The van der Waals surface area contributed by atoms with Gasteiger partial charge >= 0.3 is 0 Å². The van der Waals surface area contributed by atoms with Crippen LogP contribution < -0.4 is 0 Å². The lowest BCUT2D eigenvalue weighted by Gasteiger charge is -2.02. The number of H-pyrrole nitrogens is 1. The summed E-state index contributed by atoms with van der Waals surface area (Å²) in [7, 11) is 0. The molecule has 1 aromatic carbocycles. The smallest absolute Gasteiger partial charge is 0.181 e. The molecule has 0 aliphatic carbocycles. The number of fused-ring (bicyclic) bond motifs is 1. The third-order valence-corrected chi connectivity index (χ3v) is 2.86. The summed E-state index contributed by atoms with van der Waals surface area (Å²) in [6.45, 7) is 0. The number of rotatable bonds is 1. The summed E-state index contributed by atoms with van der Waals surface area (Å²) >= 11 is 3.02.